The molecule has 0 aromatic carbocycles. The third kappa shape index (κ3) is 6.52. The Labute approximate surface area is 99.3 Å². The molecule has 0 spiro atoms. The lowest BCUT2D eigenvalue weighted by atomic mass is 10.2. The van der Waals surface area contributed by atoms with E-state index in [1.165, 1.54) is 6.92 Å². The summed E-state index contributed by atoms with van der Waals surface area (Å²) in [5.41, 5.74) is 5.32. The van der Waals surface area contributed by atoms with E-state index >= 15 is 0 Å². The molecule has 17 heavy (non-hydrogen) atoms. The predicted octanol–water partition coefficient (Wildman–Crippen LogP) is -0.755. The number of hydrogen-bond acceptors (Lipinski definition) is 5. The number of esters is 1. The molecule has 7 nitrogen and oxygen atoms in total. The smallest absolute Gasteiger partial charge is 0.328 e. The summed E-state index contributed by atoms with van der Waals surface area (Å²) in [6.07, 6.45) is -0.771. The van der Waals surface area contributed by atoms with E-state index < -0.39 is 36.4 Å². The predicted molar refractivity (Wildman–Crippen MR) is 59.1 cm³/mol. The fourth-order valence-electron chi connectivity index (χ4n) is 0.995. The van der Waals surface area contributed by atoms with Crippen LogP contribution in [0.3, 0.4) is 0 Å². The zero-order valence-electron chi connectivity index (χ0n) is 10.1. The second kappa shape index (κ2) is 6.85. The number of carbonyl (C=O) groups excluding carboxylic acids is 2. The summed E-state index contributed by atoms with van der Waals surface area (Å²) >= 11 is 0. The van der Waals surface area contributed by atoms with Gasteiger partial charge >= 0.3 is 11.9 Å². The van der Waals surface area contributed by atoms with E-state index in [2.05, 4.69) is 5.32 Å². The largest absolute Gasteiger partial charge is 0.481 e. The van der Waals surface area contributed by atoms with Gasteiger partial charge in [0.15, 0.2) is 0 Å². The maximum Gasteiger partial charge on any atom is 0.328 e. The highest BCUT2D eigenvalue weighted by molar-refractivity contribution is 5.89. The van der Waals surface area contributed by atoms with Gasteiger partial charge in [-0.05, 0) is 20.8 Å². The van der Waals surface area contributed by atoms with Crippen molar-refractivity contribution in [3.8, 4) is 0 Å². The highest BCUT2D eigenvalue weighted by atomic mass is 16.5. The topological polar surface area (TPSA) is 119 Å². The number of nitrogens with two attached hydrogens (primary N) is 1. The minimum Gasteiger partial charge on any atom is -0.481 e. The van der Waals surface area contributed by atoms with Crippen molar-refractivity contribution in [2.75, 3.05) is 0 Å². The third-order valence-corrected chi connectivity index (χ3v) is 1.80. The molecule has 4 N–H and O–H groups in total. The molecular weight excluding hydrogens is 228 g/mol. The van der Waals surface area contributed by atoms with E-state index in [1.54, 1.807) is 13.8 Å². The van der Waals surface area contributed by atoms with Gasteiger partial charge in [0.2, 0.25) is 5.91 Å². The standard InChI is InChI=1S/C10H18N2O5/c1-5(2)17-10(16)6(3)12-9(15)7(11)4-8(13)14/h5-7H,4,11H2,1-3H3,(H,12,15)(H,13,14)/t6-,7-/m0/s1. The van der Waals surface area contributed by atoms with Gasteiger partial charge in [-0.15, -0.1) is 0 Å². The highest BCUT2D eigenvalue weighted by Gasteiger charge is 2.23. The van der Waals surface area contributed by atoms with Gasteiger partial charge in [0, 0.05) is 0 Å². The summed E-state index contributed by atoms with van der Waals surface area (Å²) in [5, 5.41) is 10.7. The second-order valence-electron chi connectivity index (χ2n) is 3.92. The quantitative estimate of drug-likeness (QED) is 0.530. The first kappa shape index (κ1) is 15.4. The second-order valence-corrected chi connectivity index (χ2v) is 3.92. The summed E-state index contributed by atoms with van der Waals surface area (Å²) < 4.78 is 4.86. The van der Waals surface area contributed by atoms with Crippen LogP contribution >= 0.6 is 0 Å². The van der Waals surface area contributed by atoms with Crippen LogP contribution in [0.25, 0.3) is 0 Å². The molecule has 0 unspecified atom stereocenters. The fourth-order valence-corrected chi connectivity index (χ4v) is 0.995. The minimum atomic E-state index is -1.18. The minimum absolute atomic E-state index is 0.283. The first-order chi connectivity index (χ1) is 7.73. The Kier molecular flexibility index (Phi) is 6.19. The van der Waals surface area contributed by atoms with Gasteiger partial charge in [-0.1, -0.05) is 0 Å². The maximum atomic E-state index is 11.4. The van der Waals surface area contributed by atoms with Gasteiger partial charge in [0.1, 0.15) is 6.04 Å². The van der Waals surface area contributed by atoms with E-state index in [-0.39, 0.29) is 6.10 Å². The number of ether oxygens (including phenoxy) is 1. The zero-order valence-corrected chi connectivity index (χ0v) is 10.1. The van der Waals surface area contributed by atoms with Gasteiger partial charge in [-0.2, -0.15) is 0 Å². The van der Waals surface area contributed by atoms with Crippen LogP contribution in [0.1, 0.15) is 27.2 Å². The monoisotopic (exact) mass is 246 g/mol. The molecule has 2 atom stereocenters. The molecular formula is C10H18N2O5. The molecule has 0 radical (unpaired) electrons. The Balaban J connectivity index is 4.19. The molecule has 0 saturated heterocycles. The Hall–Kier alpha value is -1.63. The molecule has 0 aromatic heterocycles. The first-order valence-electron chi connectivity index (χ1n) is 5.22. The van der Waals surface area contributed by atoms with Gasteiger partial charge in [0.05, 0.1) is 18.6 Å². The Morgan fingerprint density at radius 2 is 1.82 bits per heavy atom. The van der Waals surface area contributed by atoms with E-state index in [4.69, 9.17) is 15.6 Å². The lowest BCUT2D eigenvalue weighted by molar-refractivity contribution is -0.151. The van der Waals surface area contributed by atoms with Crippen LogP contribution in [-0.4, -0.2) is 41.1 Å². The summed E-state index contributed by atoms with van der Waals surface area (Å²) in [6, 6.07) is -2.04. The Bertz CT molecular complexity index is 303. The zero-order chi connectivity index (χ0) is 13.6. The average molecular weight is 246 g/mol. The summed E-state index contributed by atoms with van der Waals surface area (Å²) in [7, 11) is 0. The van der Waals surface area contributed by atoms with Gasteiger partial charge in [0.25, 0.3) is 0 Å². The lowest BCUT2D eigenvalue weighted by Crippen LogP contribution is -2.48. The van der Waals surface area contributed by atoms with E-state index in [9.17, 15) is 14.4 Å². The van der Waals surface area contributed by atoms with Crippen LogP contribution in [0, 0.1) is 0 Å². The van der Waals surface area contributed by atoms with Crippen molar-refractivity contribution in [2.45, 2.75) is 45.4 Å². The van der Waals surface area contributed by atoms with Crippen molar-refractivity contribution in [1.82, 2.24) is 5.32 Å². The number of amides is 1. The first-order valence-corrected chi connectivity index (χ1v) is 5.22. The summed E-state index contributed by atoms with van der Waals surface area (Å²) in [5.74, 6) is -2.46. The number of carboxylic acid groups (broad SMARTS) is 1. The number of carboxylic acids is 1. The molecule has 0 aliphatic carbocycles. The van der Waals surface area contributed by atoms with Crippen molar-refractivity contribution in [3.05, 3.63) is 0 Å². The number of aliphatic carboxylic acids is 1. The SMILES string of the molecule is CC(C)OC(=O)[C@H](C)NC(=O)[C@@H](N)CC(=O)O. The van der Waals surface area contributed by atoms with Crippen LogP contribution in [0.15, 0.2) is 0 Å². The number of nitrogens with one attached hydrogen (secondary N) is 1. The van der Waals surface area contributed by atoms with Crippen LogP contribution in [-0.2, 0) is 19.1 Å². The van der Waals surface area contributed by atoms with Crippen molar-refractivity contribution < 1.29 is 24.2 Å². The van der Waals surface area contributed by atoms with Crippen molar-refractivity contribution >= 4 is 17.8 Å². The Morgan fingerprint density at radius 3 is 2.24 bits per heavy atom. The van der Waals surface area contributed by atoms with Gasteiger partial charge in [-0.3, -0.25) is 9.59 Å². The Morgan fingerprint density at radius 1 is 1.29 bits per heavy atom. The van der Waals surface area contributed by atoms with Crippen LogP contribution in [0.2, 0.25) is 0 Å². The molecule has 1 amide bonds. The maximum absolute atomic E-state index is 11.4. The van der Waals surface area contributed by atoms with Gasteiger partial charge in [-0.25, -0.2) is 4.79 Å². The van der Waals surface area contributed by atoms with Crippen molar-refractivity contribution in [1.29, 1.82) is 0 Å². The highest BCUT2D eigenvalue weighted by Crippen LogP contribution is 1.96. The molecule has 98 valence electrons. The molecule has 0 rings (SSSR count). The molecule has 0 saturated carbocycles. The molecule has 0 fully saturated rings. The van der Waals surface area contributed by atoms with Crippen LogP contribution in [0.5, 0.6) is 0 Å². The molecule has 0 bridgehead atoms. The van der Waals surface area contributed by atoms with E-state index in [0.29, 0.717) is 0 Å². The van der Waals surface area contributed by atoms with Crippen LogP contribution < -0.4 is 11.1 Å². The molecule has 0 aliphatic rings. The lowest BCUT2D eigenvalue weighted by Gasteiger charge is -2.17. The van der Waals surface area contributed by atoms with Gasteiger partial charge < -0.3 is 20.9 Å². The van der Waals surface area contributed by atoms with E-state index in [1.807, 2.05) is 0 Å². The van der Waals surface area contributed by atoms with Crippen LogP contribution in [0.4, 0.5) is 0 Å². The average Bonchev–Trinajstić information content (AvgIpc) is 2.15. The molecule has 0 heterocycles. The normalized spacial score (nSPS) is 13.9. The summed E-state index contributed by atoms with van der Waals surface area (Å²) in [6.45, 7) is 4.81. The molecule has 0 aliphatic heterocycles. The number of rotatable bonds is 6. The number of hydrogen-bond donors (Lipinski definition) is 3. The van der Waals surface area contributed by atoms with Crippen molar-refractivity contribution in [2.24, 2.45) is 5.73 Å². The van der Waals surface area contributed by atoms with Crippen molar-refractivity contribution in [3.63, 3.8) is 0 Å². The summed E-state index contributed by atoms with van der Waals surface area (Å²) in [4.78, 5) is 33.0. The number of carbonyl (C=O) groups is 3. The van der Waals surface area contributed by atoms with E-state index in [0.717, 1.165) is 0 Å². The molecule has 7 heteroatoms. The third-order valence-electron chi connectivity index (χ3n) is 1.80. The fraction of sp³-hybridized carbons (Fsp3) is 0.700. The molecule has 0 aromatic rings.